The summed E-state index contributed by atoms with van der Waals surface area (Å²) in [6, 6.07) is 9.22. The number of hydrogen-bond donors (Lipinski definition) is 3. The minimum atomic E-state index is -1.15. The van der Waals surface area contributed by atoms with Gasteiger partial charge in [0.1, 0.15) is 17.1 Å². The average molecular weight is 468 g/mol. The van der Waals surface area contributed by atoms with Crippen molar-refractivity contribution < 1.29 is 24.2 Å². The Morgan fingerprint density at radius 3 is 2.38 bits per heavy atom. The molecule has 7 nitrogen and oxygen atoms in total. The average Bonchev–Trinajstić information content (AvgIpc) is 2.77. The molecule has 0 fully saturated rings. The minimum absolute atomic E-state index is 0.219. The first-order chi connectivity index (χ1) is 16.1. The van der Waals surface area contributed by atoms with Crippen molar-refractivity contribution in [3.05, 3.63) is 81.1 Å². The van der Waals surface area contributed by atoms with E-state index in [-0.39, 0.29) is 17.2 Å². The van der Waals surface area contributed by atoms with E-state index in [2.05, 4.69) is 19.2 Å². The van der Waals surface area contributed by atoms with Gasteiger partial charge in [0, 0.05) is 18.2 Å². The van der Waals surface area contributed by atoms with Crippen molar-refractivity contribution in [3.8, 4) is 5.75 Å². The zero-order valence-electron chi connectivity index (χ0n) is 20.1. The molecule has 2 rings (SSSR count). The highest BCUT2D eigenvalue weighted by Gasteiger charge is 2.22. The number of hydrogen-bond acceptors (Lipinski definition) is 5. The van der Waals surface area contributed by atoms with Gasteiger partial charge in [0.2, 0.25) is 0 Å². The summed E-state index contributed by atoms with van der Waals surface area (Å²) in [6.07, 6.45) is 6.68. The third-order valence-electron chi connectivity index (χ3n) is 5.48. The number of amides is 1. The predicted molar refractivity (Wildman–Crippen MR) is 132 cm³/mol. The van der Waals surface area contributed by atoms with E-state index in [1.807, 2.05) is 31.2 Å². The molecule has 0 spiro atoms. The van der Waals surface area contributed by atoms with E-state index in [0.717, 1.165) is 18.4 Å². The summed E-state index contributed by atoms with van der Waals surface area (Å²) >= 11 is 0. The van der Waals surface area contributed by atoms with E-state index in [1.165, 1.54) is 17.8 Å². The maximum absolute atomic E-state index is 12.9. The summed E-state index contributed by atoms with van der Waals surface area (Å²) in [5, 5.41) is 21.1. The molecule has 7 heteroatoms. The second-order valence-electron chi connectivity index (χ2n) is 8.86. The highest BCUT2D eigenvalue weighted by molar-refractivity contribution is 6.12. The summed E-state index contributed by atoms with van der Waals surface area (Å²) in [4.78, 5) is 35.8. The van der Waals surface area contributed by atoms with Crippen LogP contribution < -0.4 is 10.9 Å². The standard InChI is InChI=1S/C27H33NO6/c1-17(2)8-9-20-10-12-21(13-11-20)15-19(4)25(30)24-22(29)16-23(34-26(24)31)18(3)7-5-6-14-28-27(32)33/h6,10-18,28-29H,5,7-9H2,1-4H3,(H,32,33)/b14-6+,19-15+. The summed E-state index contributed by atoms with van der Waals surface area (Å²) in [6.45, 7) is 7.78. The maximum Gasteiger partial charge on any atom is 0.408 e. The monoisotopic (exact) mass is 467 g/mol. The van der Waals surface area contributed by atoms with E-state index in [1.54, 1.807) is 19.1 Å². The molecule has 0 aliphatic carbocycles. The lowest BCUT2D eigenvalue weighted by atomic mass is 9.98. The number of nitrogens with one attached hydrogen (secondary N) is 1. The van der Waals surface area contributed by atoms with E-state index >= 15 is 0 Å². The van der Waals surface area contributed by atoms with Gasteiger partial charge in [0.25, 0.3) is 0 Å². The van der Waals surface area contributed by atoms with E-state index in [9.17, 15) is 19.5 Å². The number of aromatic hydroxyl groups is 1. The number of carbonyl (C=O) groups is 2. The van der Waals surface area contributed by atoms with Crippen LogP contribution >= 0.6 is 0 Å². The molecule has 2 aromatic rings. The zero-order valence-corrected chi connectivity index (χ0v) is 20.1. The van der Waals surface area contributed by atoms with Crippen LogP contribution in [0, 0.1) is 5.92 Å². The largest absolute Gasteiger partial charge is 0.507 e. The number of carboxylic acid groups (broad SMARTS) is 1. The fraction of sp³-hybridized carbons (Fsp3) is 0.370. The van der Waals surface area contributed by atoms with Gasteiger partial charge in [-0.3, -0.25) is 10.1 Å². The van der Waals surface area contributed by atoms with Gasteiger partial charge >= 0.3 is 11.7 Å². The maximum atomic E-state index is 12.9. The van der Waals surface area contributed by atoms with Crippen molar-refractivity contribution in [1.29, 1.82) is 0 Å². The lowest BCUT2D eigenvalue weighted by molar-refractivity contribution is 0.102. The molecule has 1 atom stereocenters. The molecule has 0 saturated heterocycles. The number of rotatable bonds is 11. The molecular formula is C27H33NO6. The second-order valence-corrected chi connectivity index (χ2v) is 8.86. The van der Waals surface area contributed by atoms with Crippen LogP contribution in [0.3, 0.4) is 0 Å². The zero-order chi connectivity index (χ0) is 25.3. The molecule has 0 radical (unpaired) electrons. The van der Waals surface area contributed by atoms with E-state index in [0.29, 0.717) is 24.3 Å². The van der Waals surface area contributed by atoms with Crippen LogP contribution in [0.25, 0.3) is 6.08 Å². The summed E-state index contributed by atoms with van der Waals surface area (Å²) in [5.41, 5.74) is 1.11. The van der Waals surface area contributed by atoms with Crippen LogP contribution in [0.15, 0.2) is 57.4 Å². The lowest BCUT2D eigenvalue weighted by Crippen LogP contribution is -2.16. The predicted octanol–water partition coefficient (Wildman–Crippen LogP) is 5.89. The van der Waals surface area contributed by atoms with Crippen LogP contribution in [-0.4, -0.2) is 22.1 Å². The summed E-state index contributed by atoms with van der Waals surface area (Å²) < 4.78 is 5.33. The summed E-state index contributed by atoms with van der Waals surface area (Å²) in [7, 11) is 0. The van der Waals surface area contributed by atoms with Gasteiger partial charge in [-0.1, -0.05) is 51.1 Å². The smallest absolute Gasteiger partial charge is 0.408 e. The molecule has 0 aliphatic heterocycles. The van der Waals surface area contributed by atoms with Gasteiger partial charge in [0.05, 0.1) is 0 Å². The van der Waals surface area contributed by atoms with Crippen LogP contribution in [-0.2, 0) is 6.42 Å². The molecule has 1 aromatic heterocycles. The van der Waals surface area contributed by atoms with Crippen LogP contribution in [0.4, 0.5) is 4.79 Å². The van der Waals surface area contributed by atoms with Gasteiger partial charge in [-0.05, 0) is 61.3 Å². The highest BCUT2D eigenvalue weighted by atomic mass is 16.4. The minimum Gasteiger partial charge on any atom is -0.507 e. The van der Waals surface area contributed by atoms with Gasteiger partial charge in [-0.25, -0.2) is 9.59 Å². The van der Waals surface area contributed by atoms with Crippen molar-refractivity contribution in [3.63, 3.8) is 0 Å². The number of allylic oxidation sites excluding steroid dienone is 2. The molecule has 34 heavy (non-hydrogen) atoms. The van der Waals surface area contributed by atoms with Crippen molar-refractivity contribution in [2.24, 2.45) is 5.92 Å². The van der Waals surface area contributed by atoms with E-state index < -0.39 is 23.3 Å². The fourth-order valence-corrected chi connectivity index (χ4v) is 3.40. The van der Waals surface area contributed by atoms with Crippen LogP contribution in [0.5, 0.6) is 5.75 Å². The highest BCUT2D eigenvalue weighted by Crippen LogP contribution is 2.26. The molecule has 0 bridgehead atoms. The quantitative estimate of drug-likeness (QED) is 0.280. The van der Waals surface area contributed by atoms with Crippen molar-refractivity contribution in [2.75, 3.05) is 0 Å². The lowest BCUT2D eigenvalue weighted by Gasteiger charge is -2.11. The molecule has 1 aromatic carbocycles. The number of benzene rings is 1. The Labute approximate surface area is 199 Å². The van der Waals surface area contributed by atoms with Gasteiger partial charge in [-0.2, -0.15) is 0 Å². The Balaban J connectivity index is 2.11. The SMILES string of the molecule is C/C(=C\c1ccc(CCC(C)C)cc1)C(=O)c1c(O)cc(C(C)CC/C=C/NC(=O)O)oc1=O. The molecule has 1 heterocycles. The first kappa shape index (κ1) is 26.6. The Bertz CT molecular complexity index is 1110. The molecule has 0 saturated carbocycles. The van der Waals surface area contributed by atoms with Crippen LogP contribution in [0.1, 0.15) is 80.1 Å². The number of Topliss-reactive ketones (excluding diaryl/α,β-unsaturated/α-hetero) is 1. The topological polar surface area (TPSA) is 117 Å². The van der Waals surface area contributed by atoms with Crippen LogP contribution in [0.2, 0.25) is 0 Å². The molecule has 1 amide bonds. The van der Waals surface area contributed by atoms with Gasteiger partial charge < -0.3 is 14.6 Å². The third-order valence-corrected chi connectivity index (χ3v) is 5.48. The number of carbonyl (C=O) groups excluding carboxylic acids is 1. The molecule has 0 aliphatic rings. The third kappa shape index (κ3) is 8.06. The first-order valence-electron chi connectivity index (χ1n) is 11.4. The van der Waals surface area contributed by atoms with Gasteiger partial charge in [0.15, 0.2) is 5.78 Å². The summed E-state index contributed by atoms with van der Waals surface area (Å²) in [5.74, 6) is -0.327. The van der Waals surface area contributed by atoms with Crippen molar-refractivity contribution in [2.45, 2.75) is 59.3 Å². The fourth-order valence-electron chi connectivity index (χ4n) is 3.40. The molecule has 182 valence electrons. The Kier molecular flexibility index (Phi) is 9.86. The Hall–Kier alpha value is -3.61. The first-order valence-corrected chi connectivity index (χ1v) is 11.4. The Morgan fingerprint density at radius 2 is 1.79 bits per heavy atom. The van der Waals surface area contributed by atoms with Crippen molar-refractivity contribution >= 4 is 18.0 Å². The molecule has 1 unspecified atom stereocenters. The normalized spacial score (nSPS) is 12.8. The molecular weight excluding hydrogens is 434 g/mol. The van der Waals surface area contributed by atoms with Gasteiger partial charge in [-0.15, -0.1) is 0 Å². The Morgan fingerprint density at radius 1 is 1.12 bits per heavy atom. The van der Waals surface area contributed by atoms with Crippen molar-refractivity contribution in [1.82, 2.24) is 5.32 Å². The molecule has 3 N–H and O–H groups in total. The van der Waals surface area contributed by atoms with E-state index in [4.69, 9.17) is 9.52 Å². The second kappa shape index (κ2) is 12.6. The number of ketones is 1. The number of aryl methyl sites for hydroxylation is 1.